The molecular weight excluding hydrogens is 308 g/mol. The summed E-state index contributed by atoms with van der Waals surface area (Å²) in [5, 5.41) is 10.0. The van der Waals surface area contributed by atoms with Gasteiger partial charge in [0, 0.05) is 9.35 Å². The van der Waals surface area contributed by atoms with Gasteiger partial charge in [-0.25, -0.2) is 0 Å². The van der Waals surface area contributed by atoms with Crippen LogP contribution < -0.4 is 0 Å². The van der Waals surface area contributed by atoms with Crippen molar-refractivity contribution in [2.45, 2.75) is 44.6 Å². The van der Waals surface area contributed by atoms with Crippen LogP contribution in [0.4, 0.5) is 0 Å². The highest BCUT2D eigenvalue weighted by atomic mass is 79.9. The molecule has 1 unspecified atom stereocenters. The van der Waals surface area contributed by atoms with Crippen molar-refractivity contribution in [2.24, 2.45) is 5.92 Å². The lowest BCUT2D eigenvalue weighted by Crippen LogP contribution is -1.99. The highest BCUT2D eigenvalue weighted by Gasteiger charge is 2.18. The average molecular weight is 324 g/mol. The Morgan fingerprint density at radius 1 is 1.50 bits per heavy atom. The molecule has 0 bridgehead atoms. The quantitative estimate of drug-likeness (QED) is 0.810. The maximum absolute atomic E-state index is 10.0. The van der Waals surface area contributed by atoms with Gasteiger partial charge in [0.2, 0.25) is 0 Å². The molecule has 1 aromatic rings. The van der Waals surface area contributed by atoms with Crippen LogP contribution in [0, 0.1) is 5.92 Å². The van der Waals surface area contributed by atoms with Crippen molar-refractivity contribution in [3.8, 4) is 0 Å². The zero-order valence-corrected chi connectivity index (χ0v) is 12.2. The molecule has 0 saturated heterocycles. The molecule has 16 heavy (non-hydrogen) atoms. The summed E-state index contributed by atoms with van der Waals surface area (Å²) in [5.74, 6) is 0.841. The molecule has 1 fully saturated rings. The molecule has 0 amide bonds. The standard InChI is InChI=1S/C12H16BrClOS/c13-9-7-11(16-12(9)14)10(15)6-5-8-3-1-2-4-8/h7-8,10,15H,1-6H2. The first-order valence-electron chi connectivity index (χ1n) is 5.79. The van der Waals surface area contributed by atoms with E-state index in [-0.39, 0.29) is 6.10 Å². The maximum atomic E-state index is 10.0. The highest BCUT2D eigenvalue weighted by Crippen LogP contribution is 2.38. The van der Waals surface area contributed by atoms with Gasteiger partial charge in [0.25, 0.3) is 0 Å². The fraction of sp³-hybridized carbons (Fsp3) is 0.667. The first kappa shape index (κ1) is 12.9. The van der Waals surface area contributed by atoms with E-state index < -0.39 is 0 Å². The minimum atomic E-state index is -0.339. The van der Waals surface area contributed by atoms with Crippen LogP contribution in [0.1, 0.15) is 49.5 Å². The number of rotatable bonds is 4. The van der Waals surface area contributed by atoms with Crippen molar-refractivity contribution in [3.05, 3.63) is 19.8 Å². The summed E-state index contributed by atoms with van der Waals surface area (Å²) in [4.78, 5) is 0.981. The van der Waals surface area contributed by atoms with E-state index in [1.807, 2.05) is 6.07 Å². The Morgan fingerprint density at radius 3 is 2.75 bits per heavy atom. The summed E-state index contributed by atoms with van der Waals surface area (Å²) in [6.07, 6.45) is 7.12. The summed E-state index contributed by atoms with van der Waals surface area (Å²) in [6, 6.07) is 1.94. The fourth-order valence-corrected chi connectivity index (χ4v) is 4.12. The predicted octanol–water partition coefficient (Wildman–Crippen LogP) is 5.17. The zero-order chi connectivity index (χ0) is 11.5. The van der Waals surface area contributed by atoms with Gasteiger partial charge in [-0.05, 0) is 40.8 Å². The molecule has 0 spiro atoms. The lowest BCUT2D eigenvalue weighted by molar-refractivity contribution is 0.160. The maximum Gasteiger partial charge on any atom is 0.107 e. The average Bonchev–Trinajstić information content (AvgIpc) is 2.86. The van der Waals surface area contributed by atoms with Crippen molar-refractivity contribution in [1.29, 1.82) is 0 Å². The van der Waals surface area contributed by atoms with Crippen LogP contribution in [0.3, 0.4) is 0 Å². The first-order chi connectivity index (χ1) is 7.66. The predicted molar refractivity (Wildman–Crippen MR) is 73.2 cm³/mol. The van der Waals surface area contributed by atoms with E-state index in [4.69, 9.17) is 11.6 Å². The molecule has 1 N–H and O–H groups in total. The molecule has 0 radical (unpaired) electrons. The van der Waals surface area contributed by atoms with Gasteiger partial charge in [-0.1, -0.05) is 37.3 Å². The van der Waals surface area contributed by atoms with Crippen LogP contribution in [0.5, 0.6) is 0 Å². The van der Waals surface area contributed by atoms with Gasteiger partial charge in [-0.3, -0.25) is 0 Å². The minimum Gasteiger partial charge on any atom is -0.388 e. The Morgan fingerprint density at radius 2 is 2.19 bits per heavy atom. The molecule has 1 aliphatic rings. The van der Waals surface area contributed by atoms with Crippen molar-refractivity contribution in [1.82, 2.24) is 0 Å². The van der Waals surface area contributed by atoms with Gasteiger partial charge in [-0.15, -0.1) is 11.3 Å². The van der Waals surface area contributed by atoms with Crippen LogP contribution >= 0.6 is 38.9 Å². The third kappa shape index (κ3) is 3.22. The van der Waals surface area contributed by atoms with Gasteiger partial charge in [0.15, 0.2) is 0 Å². The monoisotopic (exact) mass is 322 g/mol. The summed E-state index contributed by atoms with van der Waals surface area (Å²) >= 11 is 10.8. The molecule has 1 aromatic heterocycles. The second kappa shape index (κ2) is 5.85. The summed E-state index contributed by atoms with van der Waals surface area (Å²) in [7, 11) is 0. The molecule has 1 heterocycles. The number of hydrogen-bond acceptors (Lipinski definition) is 2. The third-order valence-corrected chi connectivity index (χ3v) is 5.89. The number of thiophene rings is 1. The smallest absolute Gasteiger partial charge is 0.107 e. The van der Waals surface area contributed by atoms with E-state index >= 15 is 0 Å². The normalized spacial score (nSPS) is 19.2. The number of halogens is 2. The summed E-state index contributed by atoms with van der Waals surface area (Å²) in [5.41, 5.74) is 0. The van der Waals surface area contributed by atoms with E-state index in [0.717, 1.165) is 32.4 Å². The zero-order valence-electron chi connectivity index (χ0n) is 9.09. The van der Waals surface area contributed by atoms with Crippen molar-refractivity contribution in [2.75, 3.05) is 0 Å². The SMILES string of the molecule is OC(CCC1CCCC1)c1cc(Br)c(Cl)s1. The molecule has 1 saturated carbocycles. The molecular formula is C12H16BrClOS. The van der Waals surface area contributed by atoms with Gasteiger partial charge in [0.05, 0.1) is 6.10 Å². The van der Waals surface area contributed by atoms with E-state index in [2.05, 4.69) is 15.9 Å². The lowest BCUT2D eigenvalue weighted by Gasteiger charge is -2.12. The third-order valence-electron chi connectivity index (χ3n) is 3.32. The minimum absolute atomic E-state index is 0.339. The lowest BCUT2D eigenvalue weighted by atomic mass is 9.99. The molecule has 1 aliphatic carbocycles. The largest absolute Gasteiger partial charge is 0.388 e. The van der Waals surface area contributed by atoms with Gasteiger partial charge in [0.1, 0.15) is 4.34 Å². The van der Waals surface area contributed by atoms with Crippen LogP contribution in [-0.4, -0.2) is 5.11 Å². The molecule has 0 aromatic carbocycles. The number of hydrogen-bond donors (Lipinski definition) is 1. The van der Waals surface area contributed by atoms with E-state index in [1.165, 1.54) is 37.0 Å². The second-order valence-corrected chi connectivity index (χ2v) is 7.05. The number of aliphatic hydroxyl groups is 1. The number of aliphatic hydroxyl groups excluding tert-OH is 1. The van der Waals surface area contributed by atoms with Crippen molar-refractivity contribution < 1.29 is 5.11 Å². The Hall–Kier alpha value is 0.430. The highest BCUT2D eigenvalue weighted by molar-refractivity contribution is 9.10. The molecule has 4 heteroatoms. The van der Waals surface area contributed by atoms with E-state index in [1.54, 1.807) is 0 Å². The molecule has 90 valence electrons. The van der Waals surface area contributed by atoms with Crippen LogP contribution in [-0.2, 0) is 0 Å². The van der Waals surface area contributed by atoms with Crippen LogP contribution in [0.2, 0.25) is 4.34 Å². The van der Waals surface area contributed by atoms with Crippen molar-refractivity contribution >= 4 is 38.9 Å². The van der Waals surface area contributed by atoms with Gasteiger partial charge < -0.3 is 5.11 Å². The molecule has 1 nitrogen and oxygen atoms in total. The van der Waals surface area contributed by atoms with E-state index in [9.17, 15) is 5.11 Å². The topological polar surface area (TPSA) is 20.2 Å². The van der Waals surface area contributed by atoms with Crippen molar-refractivity contribution in [3.63, 3.8) is 0 Å². The summed E-state index contributed by atoms with van der Waals surface area (Å²) < 4.78 is 1.63. The van der Waals surface area contributed by atoms with Gasteiger partial charge >= 0.3 is 0 Å². The van der Waals surface area contributed by atoms with Crippen LogP contribution in [0.15, 0.2) is 10.5 Å². The van der Waals surface area contributed by atoms with Gasteiger partial charge in [-0.2, -0.15) is 0 Å². The van der Waals surface area contributed by atoms with Crippen LogP contribution in [0.25, 0.3) is 0 Å². The Labute approximate surface area is 114 Å². The molecule has 1 atom stereocenters. The molecule has 2 rings (SSSR count). The summed E-state index contributed by atoms with van der Waals surface area (Å²) in [6.45, 7) is 0. The fourth-order valence-electron chi connectivity index (χ4n) is 2.36. The first-order valence-corrected chi connectivity index (χ1v) is 7.78. The van der Waals surface area contributed by atoms with E-state index in [0.29, 0.717) is 0 Å². The Bertz CT molecular complexity index is 327. The second-order valence-electron chi connectivity index (χ2n) is 4.51. The Kier molecular flexibility index (Phi) is 4.71. The Balaban J connectivity index is 1.84. The molecule has 0 aliphatic heterocycles.